The van der Waals surface area contributed by atoms with Crippen LogP contribution in [0.3, 0.4) is 0 Å². The minimum absolute atomic E-state index is 0.0532. The van der Waals surface area contributed by atoms with Crippen LogP contribution in [-0.4, -0.2) is 67.5 Å². The van der Waals surface area contributed by atoms with Gasteiger partial charge in [0.2, 0.25) is 0 Å². The molecule has 9 nitrogen and oxygen atoms in total. The average molecular weight is 531 g/mol. The van der Waals surface area contributed by atoms with E-state index in [1.54, 1.807) is 11.1 Å². The third-order valence-corrected chi connectivity index (χ3v) is 6.67. The van der Waals surface area contributed by atoms with Gasteiger partial charge in [0.1, 0.15) is 22.5 Å². The molecule has 3 rings (SSSR count). The van der Waals surface area contributed by atoms with Crippen molar-refractivity contribution in [1.82, 2.24) is 19.4 Å². The molecule has 1 saturated heterocycles. The number of carbonyl (C=O) groups is 2. The summed E-state index contributed by atoms with van der Waals surface area (Å²) in [6, 6.07) is 1.71. The van der Waals surface area contributed by atoms with Crippen LogP contribution >= 0.6 is 0 Å². The zero-order valence-electron chi connectivity index (χ0n) is 25.0. The molecule has 0 aromatic carbocycles. The lowest BCUT2D eigenvalue weighted by atomic mass is 9.92. The fourth-order valence-corrected chi connectivity index (χ4v) is 5.00. The van der Waals surface area contributed by atoms with Crippen LogP contribution in [0.25, 0.3) is 11.2 Å². The first-order chi connectivity index (χ1) is 17.4. The Morgan fingerprint density at radius 1 is 1.18 bits per heavy atom. The van der Waals surface area contributed by atoms with Crippen LogP contribution in [0.15, 0.2) is 12.3 Å². The Morgan fingerprint density at radius 3 is 2.42 bits per heavy atom. The monoisotopic (exact) mass is 530 g/mol. The summed E-state index contributed by atoms with van der Waals surface area (Å²) in [5, 5.41) is 0. The lowest BCUT2D eigenvalue weighted by molar-refractivity contribution is -0.0795. The number of fused-ring (bicyclic) bond motifs is 1. The van der Waals surface area contributed by atoms with Crippen LogP contribution in [0.4, 0.5) is 4.79 Å². The molecule has 1 amide bonds. The van der Waals surface area contributed by atoms with E-state index in [0.717, 1.165) is 11.2 Å². The first-order valence-corrected chi connectivity index (χ1v) is 13.6. The average Bonchev–Trinajstić information content (AvgIpc) is 3.27. The quantitative estimate of drug-likeness (QED) is 0.399. The number of rotatable bonds is 8. The Kier molecular flexibility index (Phi) is 8.63. The van der Waals surface area contributed by atoms with Gasteiger partial charge in [-0.3, -0.25) is 14.7 Å². The molecule has 1 aliphatic rings. The Balaban J connectivity index is 1.73. The molecular formula is C29H46N4O5. The van der Waals surface area contributed by atoms with Crippen LogP contribution in [0.1, 0.15) is 105 Å². The highest BCUT2D eigenvalue weighted by molar-refractivity contribution is 5.95. The van der Waals surface area contributed by atoms with Gasteiger partial charge in [0.05, 0.1) is 31.1 Å². The maximum absolute atomic E-state index is 13.1. The molecule has 3 heterocycles. The Morgan fingerprint density at radius 2 is 1.84 bits per heavy atom. The number of hydrogen-bond donors (Lipinski definition) is 0. The SMILES string of the molecule is CC(C)O[C@@H](CCCC(=O)c1cnc2cc(C(C)(C)C)n(C)c2n1)[C@H]1COC(C)(C)N1C(=O)OC(C)(C)C. The third-order valence-electron chi connectivity index (χ3n) is 6.67. The number of hydrogen-bond acceptors (Lipinski definition) is 7. The molecule has 38 heavy (non-hydrogen) atoms. The van der Waals surface area contributed by atoms with Crippen LogP contribution in [0, 0.1) is 0 Å². The molecule has 0 saturated carbocycles. The number of ether oxygens (including phenoxy) is 3. The Bertz CT molecular complexity index is 1160. The molecule has 2 atom stereocenters. The summed E-state index contributed by atoms with van der Waals surface area (Å²) >= 11 is 0. The predicted molar refractivity (Wildman–Crippen MR) is 147 cm³/mol. The molecule has 0 N–H and O–H groups in total. The molecule has 0 aliphatic carbocycles. The molecule has 0 unspecified atom stereocenters. The number of aryl methyl sites for hydroxylation is 1. The minimum Gasteiger partial charge on any atom is -0.444 e. The van der Waals surface area contributed by atoms with Crippen molar-refractivity contribution in [2.75, 3.05) is 6.61 Å². The minimum atomic E-state index is -0.826. The second kappa shape index (κ2) is 10.9. The second-order valence-electron chi connectivity index (χ2n) is 13.0. The molecule has 0 spiro atoms. The van der Waals surface area contributed by atoms with Gasteiger partial charge < -0.3 is 18.8 Å². The van der Waals surface area contributed by atoms with E-state index in [1.165, 1.54) is 0 Å². The van der Waals surface area contributed by atoms with Gasteiger partial charge in [0.25, 0.3) is 0 Å². The molecule has 2 aromatic rings. The van der Waals surface area contributed by atoms with Gasteiger partial charge >= 0.3 is 6.09 Å². The largest absolute Gasteiger partial charge is 0.444 e. The van der Waals surface area contributed by atoms with Crippen molar-refractivity contribution >= 4 is 23.0 Å². The molecule has 9 heteroatoms. The maximum atomic E-state index is 13.1. The van der Waals surface area contributed by atoms with E-state index in [1.807, 2.05) is 66.1 Å². The van der Waals surface area contributed by atoms with Crippen molar-refractivity contribution in [1.29, 1.82) is 0 Å². The number of Topliss-reactive ketones (excluding diaryl/α,β-unsaturated/α-hetero) is 1. The Hall–Kier alpha value is -2.52. The molecule has 1 aliphatic heterocycles. The highest BCUT2D eigenvalue weighted by Crippen LogP contribution is 2.34. The summed E-state index contributed by atoms with van der Waals surface area (Å²) in [7, 11) is 1.96. The molecule has 0 radical (unpaired) electrons. The lowest BCUT2D eigenvalue weighted by Gasteiger charge is -2.38. The summed E-state index contributed by atoms with van der Waals surface area (Å²) in [5.41, 5.74) is 1.45. The standard InChI is InChI=1S/C29H46N4O5/c1-18(2)37-23(21-17-36-29(9,10)33(21)26(35)38-28(6,7)8)14-12-13-22(34)20-16-30-19-15-24(27(3,4)5)32(11)25(19)31-20/h15-16,18,21,23H,12-14,17H2,1-11H3/t21-,23+/m1/s1. The number of aromatic nitrogens is 3. The highest BCUT2D eigenvalue weighted by atomic mass is 16.6. The second-order valence-corrected chi connectivity index (χ2v) is 13.0. The van der Waals surface area contributed by atoms with E-state index < -0.39 is 17.4 Å². The molecule has 1 fully saturated rings. The van der Waals surface area contributed by atoms with Crippen molar-refractivity contribution < 1.29 is 23.8 Å². The zero-order valence-corrected chi connectivity index (χ0v) is 25.0. The molecular weight excluding hydrogens is 484 g/mol. The third kappa shape index (κ3) is 6.91. The topological polar surface area (TPSA) is 95.8 Å². The van der Waals surface area contributed by atoms with Gasteiger partial charge in [0, 0.05) is 24.6 Å². The van der Waals surface area contributed by atoms with Gasteiger partial charge in [0.15, 0.2) is 11.4 Å². The maximum Gasteiger partial charge on any atom is 0.412 e. The van der Waals surface area contributed by atoms with Crippen molar-refractivity contribution in [3.63, 3.8) is 0 Å². The molecule has 2 aromatic heterocycles. The predicted octanol–water partition coefficient (Wildman–Crippen LogP) is 5.78. The summed E-state index contributed by atoms with van der Waals surface area (Å²) in [5.74, 6) is -0.0618. The first-order valence-electron chi connectivity index (χ1n) is 13.6. The van der Waals surface area contributed by atoms with Crippen molar-refractivity contribution in [3.8, 4) is 0 Å². The molecule has 212 valence electrons. The van der Waals surface area contributed by atoms with E-state index >= 15 is 0 Å². The normalized spacial score (nSPS) is 18.8. The van der Waals surface area contributed by atoms with Crippen LogP contribution in [-0.2, 0) is 26.7 Å². The van der Waals surface area contributed by atoms with Crippen molar-refractivity contribution in [3.05, 3.63) is 23.7 Å². The van der Waals surface area contributed by atoms with Crippen molar-refractivity contribution in [2.45, 2.75) is 123 Å². The summed E-state index contributed by atoms with van der Waals surface area (Å²) < 4.78 is 20.0. The van der Waals surface area contributed by atoms with E-state index in [2.05, 4.69) is 30.7 Å². The van der Waals surface area contributed by atoms with Gasteiger partial charge in [-0.25, -0.2) is 9.78 Å². The number of nitrogens with zero attached hydrogens (tertiary/aromatic N) is 4. The number of carbonyl (C=O) groups excluding carboxylic acids is 2. The van der Waals surface area contributed by atoms with Gasteiger partial charge in [-0.2, -0.15) is 0 Å². The van der Waals surface area contributed by atoms with E-state index in [9.17, 15) is 9.59 Å². The van der Waals surface area contributed by atoms with Gasteiger partial charge in [-0.1, -0.05) is 20.8 Å². The van der Waals surface area contributed by atoms with E-state index in [4.69, 9.17) is 14.2 Å². The Labute approximate surface area is 227 Å². The fourth-order valence-electron chi connectivity index (χ4n) is 5.00. The highest BCUT2D eigenvalue weighted by Gasteiger charge is 2.49. The van der Waals surface area contributed by atoms with Gasteiger partial charge in [-0.15, -0.1) is 0 Å². The van der Waals surface area contributed by atoms with Gasteiger partial charge in [-0.05, 0) is 67.4 Å². The van der Waals surface area contributed by atoms with Crippen LogP contribution in [0.2, 0.25) is 0 Å². The van der Waals surface area contributed by atoms with E-state index in [-0.39, 0.29) is 29.4 Å². The zero-order chi connectivity index (χ0) is 28.6. The first kappa shape index (κ1) is 30.0. The number of ketones is 1. The molecule has 0 bridgehead atoms. The summed E-state index contributed by atoms with van der Waals surface area (Å²) in [4.78, 5) is 37.1. The summed E-state index contributed by atoms with van der Waals surface area (Å²) in [6.07, 6.45) is 2.24. The number of amides is 1. The van der Waals surface area contributed by atoms with E-state index in [0.29, 0.717) is 37.2 Å². The smallest absolute Gasteiger partial charge is 0.412 e. The summed E-state index contributed by atoms with van der Waals surface area (Å²) in [6.45, 7) is 19.9. The van der Waals surface area contributed by atoms with Crippen LogP contribution < -0.4 is 0 Å². The fraction of sp³-hybridized carbons (Fsp3) is 0.724. The lowest BCUT2D eigenvalue weighted by Crippen LogP contribution is -2.54. The van der Waals surface area contributed by atoms with Crippen LogP contribution in [0.5, 0.6) is 0 Å². The van der Waals surface area contributed by atoms with Crippen molar-refractivity contribution in [2.24, 2.45) is 7.05 Å².